The molecule has 0 fully saturated rings. The number of benzene rings is 3. The van der Waals surface area contributed by atoms with Gasteiger partial charge in [0.05, 0.1) is 0 Å². The summed E-state index contributed by atoms with van der Waals surface area (Å²) in [7, 11) is 0. The van der Waals surface area contributed by atoms with E-state index >= 15 is 0 Å². The maximum absolute atomic E-state index is 2.40. The third kappa shape index (κ3) is 3.55. The first kappa shape index (κ1) is 17.6. The van der Waals surface area contributed by atoms with Gasteiger partial charge in [-0.3, -0.25) is 0 Å². The smallest absolute Gasteiger partial charge is 0.0486 e. The average molecular weight is 354 g/mol. The number of rotatable bonds is 4. The maximum Gasteiger partial charge on any atom is 0.0486 e. The molecule has 0 aliphatic rings. The maximum atomic E-state index is 2.40. The van der Waals surface area contributed by atoms with Crippen molar-refractivity contribution >= 4 is 10.9 Å². The molecule has 0 saturated heterocycles. The highest BCUT2D eigenvalue weighted by atomic mass is 15.0. The summed E-state index contributed by atoms with van der Waals surface area (Å²) in [5.74, 6) is 0.348. The summed E-state index contributed by atoms with van der Waals surface area (Å²) in [5, 5.41) is 1.36. The molecule has 1 heteroatoms. The monoisotopic (exact) mass is 353 g/mol. The highest BCUT2D eigenvalue weighted by Gasteiger charge is 2.30. The molecule has 4 aromatic rings. The zero-order valence-electron chi connectivity index (χ0n) is 16.4. The lowest BCUT2D eigenvalue weighted by Crippen LogP contribution is -2.19. The number of aromatic nitrogens is 1. The average Bonchev–Trinajstić information content (AvgIpc) is 3.01. The van der Waals surface area contributed by atoms with E-state index in [2.05, 4.69) is 116 Å². The van der Waals surface area contributed by atoms with E-state index in [1.165, 1.54) is 27.6 Å². The summed E-state index contributed by atoms with van der Waals surface area (Å²) in [4.78, 5) is 0. The number of nitrogens with zero attached hydrogens (tertiary/aromatic N) is 1. The zero-order chi connectivity index (χ0) is 18.9. The van der Waals surface area contributed by atoms with Crippen LogP contribution in [-0.2, 0) is 6.54 Å². The molecule has 0 aliphatic carbocycles. The summed E-state index contributed by atoms with van der Waals surface area (Å²) in [6.45, 7) is 7.92. The van der Waals surface area contributed by atoms with Crippen molar-refractivity contribution in [1.82, 2.24) is 4.57 Å². The number of hydrogen-bond acceptors (Lipinski definition) is 0. The van der Waals surface area contributed by atoms with Crippen LogP contribution in [0.3, 0.4) is 0 Å². The van der Waals surface area contributed by atoms with Gasteiger partial charge in [0.1, 0.15) is 0 Å². The standard InChI is InChI=1S/C26H27N/c1-26(2,3)25(21-14-8-5-9-15-21)23-19-27(18-20-12-6-4-7-13-20)24-17-11-10-16-22(23)24/h4-17,19,25H,18H2,1-3H3. The molecule has 27 heavy (non-hydrogen) atoms. The van der Waals surface area contributed by atoms with Crippen LogP contribution in [0.15, 0.2) is 91.1 Å². The van der Waals surface area contributed by atoms with Gasteiger partial charge in [0.25, 0.3) is 0 Å². The lowest BCUT2D eigenvalue weighted by atomic mass is 9.72. The van der Waals surface area contributed by atoms with E-state index in [1.54, 1.807) is 0 Å². The van der Waals surface area contributed by atoms with Gasteiger partial charge in [0.15, 0.2) is 0 Å². The van der Waals surface area contributed by atoms with Gasteiger partial charge in [0.2, 0.25) is 0 Å². The van der Waals surface area contributed by atoms with E-state index in [0.717, 1.165) is 6.54 Å². The molecule has 0 saturated carbocycles. The van der Waals surface area contributed by atoms with Gasteiger partial charge < -0.3 is 4.57 Å². The Kier molecular flexibility index (Phi) is 4.61. The second kappa shape index (κ2) is 7.08. The van der Waals surface area contributed by atoms with E-state index in [4.69, 9.17) is 0 Å². The lowest BCUT2D eigenvalue weighted by Gasteiger charge is -2.31. The molecule has 136 valence electrons. The van der Waals surface area contributed by atoms with Crippen LogP contribution in [0.5, 0.6) is 0 Å². The Balaban J connectivity index is 1.88. The van der Waals surface area contributed by atoms with E-state index < -0.39 is 0 Å². The first-order valence-electron chi connectivity index (χ1n) is 9.71. The van der Waals surface area contributed by atoms with Crippen molar-refractivity contribution in [2.45, 2.75) is 33.2 Å². The van der Waals surface area contributed by atoms with Crippen LogP contribution in [0.4, 0.5) is 0 Å². The van der Waals surface area contributed by atoms with Gasteiger partial charge in [-0.2, -0.15) is 0 Å². The molecule has 0 aliphatic heterocycles. The molecule has 0 spiro atoms. The Bertz CT molecular complexity index is 1020. The molecule has 0 N–H and O–H groups in total. The van der Waals surface area contributed by atoms with Gasteiger partial charge >= 0.3 is 0 Å². The van der Waals surface area contributed by atoms with Crippen molar-refractivity contribution in [3.63, 3.8) is 0 Å². The predicted molar refractivity (Wildman–Crippen MR) is 115 cm³/mol. The minimum Gasteiger partial charge on any atom is -0.343 e. The Morgan fingerprint density at radius 2 is 1.33 bits per heavy atom. The molecule has 4 rings (SSSR count). The van der Waals surface area contributed by atoms with Crippen LogP contribution in [0.2, 0.25) is 0 Å². The fourth-order valence-corrected chi connectivity index (χ4v) is 4.21. The summed E-state index contributed by atoms with van der Waals surface area (Å²) >= 11 is 0. The Hall–Kier alpha value is -2.80. The van der Waals surface area contributed by atoms with Gasteiger partial charge in [-0.05, 0) is 28.2 Å². The van der Waals surface area contributed by atoms with Crippen LogP contribution in [0.1, 0.15) is 43.4 Å². The second-order valence-corrected chi connectivity index (χ2v) is 8.42. The number of para-hydroxylation sites is 1. The van der Waals surface area contributed by atoms with Crippen molar-refractivity contribution < 1.29 is 0 Å². The molecule has 1 unspecified atom stereocenters. The number of fused-ring (bicyclic) bond motifs is 1. The Labute approximate surface area is 162 Å². The highest BCUT2D eigenvalue weighted by molar-refractivity contribution is 5.85. The fourth-order valence-electron chi connectivity index (χ4n) is 4.21. The molecule has 1 nitrogen and oxygen atoms in total. The molecule has 1 heterocycles. The second-order valence-electron chi connectivity index (χ2n) is 8.42. The van der Waals surface area contributed by atoms with Crippen molar-refractivity contribution in [3.05, 3.63) is 108 Å². The SMILES string of the molecule is CC(C)(C)C(c1ccccc1)c1cn(Cc2ccccc2)c2ccccc12. The van der Waals surface area contributed by atoms with Crippen molar-refractivity contribution in [2.24, 2.45) is 5.41 Å². The topological polar surface area (TPSA) is 4.93 Å². The summed E-state index contributed by atoms with van der Waals surface area (Å²) in [6, 6.07) is 30.4. The van der Waals surface area contributed by atoms with E-state index in [1.807, 2.05) is 0 Å². The first-order chi connectivity index (χ1) is 13.0. The molecule has 0 radical (unpaired) electrons. The third-order valence-electron chi connectivity index (χ3n) is 5.33. The summed E-state index contributed by atoms with van der Waals surface area (Å²) in [5.41, 5.74) is 5.56. The lowest BCUT2D eigenvalue weighted by molar-refractivity contribution is 0.359. The van der Waals surface area contributed by atoms with E-state index in [9.17, 15) is 0 Å². The summed E-state index contributed by atoms with van der Waals surface area (Å²) in [6.07, 6.45) is 2.38. The molecule has 0 amide bonds. The minimum absolute atomic E-state index is 0.128. The van der Waals surface area contributed by atoms with Crippen LogP contribution < -0.4 is 0 Å². The van der Waals surface area contributed by atoms with Crippen molar-refractivity contribution in [2.75, 3.05) is 0 Å². The molecular formula is C26H27N. The molecule has 1 atom stereocenters. The van der Waals surface area contributed by atoms with Gasteiger partial charge in [0, 0.05) is 29.6 Å². The van der Waals surface area contributed by atoms with Crippen LogP contribution >= 0.6 is 0 Å². The quantitative estimate of drug-likeness (QED) is 0.377. The van der Waals surface area contributed by atoms with Crippen molar-refractivity contribution in [3.8, 4) is 0 Å². The summed E-state index contributed by atoms with van der Waals surface area (Å²) < 4.78 is 2.40. The van der Waals surface area contributed by atoms with Crippen LogP contribution in [0.25, 0.3) is 10.9 Å². The zero-order valence-corrected chi connectivity index (χ0v) is 16.4. The molecule has 0 bridgehead atoms. The molecule has 3 aromatic carbocycles. The molecule has 1 aromatic heterocycles. The largest absolute Gasteiger partial charge is 0.343 e. The number of hydrogen-bond donors (Lipinski definition) is 0. The fraction of sp³-hybridized carbons (Fsp3) is 0.231. The van der Waals surface area contributed by atoms with Gasteiger partial charge in [-0.1, -0.05) is 99.6 Å². The Morgan fingerprint density at radius 1 is 0.741 bits per heavy atom. The van der Waals surface area contributed by atoms with Crippen LogP contribution in [0, 0.1) is 5.41 Å². The molecular weight excluding hydrogens is 326 g/mol. The van der Waals surface area contributed by atoms with E-state index in [0.29, 0.717) is 5.92 Å². The Morgan fingerprint density at radius 3 is 2.00 bits per heavy atom. The predicted octanol–water partition coefficient (Wildman–Crippen LogP) is 6.87. The highest BCUT2D eigenvalue weighted by Crippen LogP contribution is 2.43. The van der Waals surface area contributed by atoms with Gasteiger partial charge in [-0.25, -0.2) is 0 Å². The third-order valence-corrected chi connectivity index (χ3v) is 5.33. The van der Waals surface area contributed by atoms with E-state index in [-0.39, 0.29) is 5.41 Å². The van der Waals surface area contributed by atoms with Gasteiger partial charge in [-0.15, -0.1) is 0 Å². The normalized spacial score (nSPS) is 13.0. The van der Waals surface area contributed by atoms with Crippen LogP contribution in [-0.4, -0.2) is 4.57 Å². The first-order valence-corrected chi connectivity index (χ1v) is 9.71. The van der Waals surface area contributed by atoms with Crippen molar-refractivity contribution in [1.29, 1.82) is 0 Å². The minimum atomic E-state index is 0.128.